The second kappa shape index (κ2) is 14.7. The van der Waals surface area contributed by atoms with Gasteiger partial charge in [-0.05, 0) is 158 Å². The Kier molecular flexibility index (Phi) is 8.29. The van der Waals surface area contributed by atoms with Gasteiger partial charge in [0.05, 0.1) is 16.8 Å². The van der Waals surface area contributed by atoms with Gasteiger partial charge in [-0.15, -0.1) is 0 Å². The third-order valence-corrected chi connectivity index (χ3v) is 18.1. The number of fused-ring (bicyclic) bond motifs is 22. The van der Waals surface area contributed by atoms with E-state index in [4.69, 9.17) is 0 Å². The first-order valence-corrected chi connectivity index (χ1v) is 26.3. The average Bonchev–Trinajstić information content (AvgIpc) is 4.21. The number of benzene rings is 12. The molecule has 0 aliphatic heterocycles. The van der Waals surface area contributed by atoms with Crippen molar-refractivity contribution in [3.05, 3.63) is 281 Å². The molecule has 0 fully saturated rings. The van der Waals surface area contributed by atoms with Crippen molar-refractivity contribution in [3.8, 4) is 55.6 Å². The monoisotopic (exact) mass is 941 g/mol. The van der Waals surface area contributed by atoms with Gasteiger partial charge >= 0.3 is 0 Å². The lowest BCUT2D eigenvalue weighted by Crippen LogP contribution is -2.26. The zero-order chi connectivity index (χ0) is 49.2. The predicted octanol–water partition coefficient (Wildman–Crippen LogP) is 19.2. The van der Waals surface area contributed by atoms with Crippen LogP contribution in [0.5, 0.6) is 0 Å². The summed E-state index contributed by atoms with van der Waals surface area (Å²) < 4.78 is 0. The Hall–Kier alpha value is -8.78. The quantitative estimate of drug-likeness (QED) is 0.159. The highest BCUT2D eigenvalue weighted by atomic mass is 15.1. The van der Waals surface area contributed by atoms with E-state index in [2.05, 4.69) is 269 Å². The van der Waals surface area contributed by atoms with Crippen LogP contribution >= 0.6 is 0 Å². The fraction of sp³-hybridized carbons (Fsp3) is 0.0959. The summed E-state index contributed by atoms with van der Waals surface area (Å²) >= 11 is 0. The summed E-state index contributed by atoms with van der Waals surface area (Å²) in [6, 6.07) is 90.7. The van der Waals surface area contributed by atoms with Gasteiger partial charge in [0.2, 0.25) is 0 Å². The molecule has 0 heterocycles. The van der Waals surface area contributed by atoms with Crippen molar-refractivity contribution in [2.75, 3.05) is 4.90 Å². The van der Waals surface area contributed by atoms with Crippen LogP contribution in [0.25, 0.3) is 88.0 Å². The second-order valence-electron chi connectivity index (χ2n) is 22.3. The molecule has 1 nitrogen and oxygen atoms in total. The van der Waals surface area contributed by atoms with E-state index in [9.17, 15) is 0 Å². The minimum absolute atomic E-state index is 0.116. The third-order valence-electron chi connectivity index (χ3n) is 18.1. The maximum absolute atomic E-state index is 2.66. The van der Waals surface area contributed by atoms with E-state index in [0.29, 0.717) is 0 Å². The van der Waals surface area contributed by atoms with Crippen LogP contribution in [0.2, 0.25) is 0 Å². The zero-order valence-corrected chi connectivity index (χ0v) is 42.0. The first kappa shape index (κ1) is 41.8. The molecule has 1 heteroatoms. The third kappa shape index (κ3) is 5.24. The Bertz CT molecular complexity index is 4370. The first-order valence-electron chi connectivity index (χ1n) is 26.3. The zero-order valence-electron chi connectivity index (χ0n) is 42.0. The average molecular weight is 942 g/mol. The lowest BCUT2D eigenvalue weighted by Gasteiger charge is -2.34. The second-order valence-corrected chi connectivity index (χ2v) is 22.3. The minimum atomic E-state index is -0.537. The molecule has 74 heavy (non-hydrogen) atoms. The number of anilines is 3. The molecule has 0 aromatic heterocycles. The van der Waals surface area contributed by atoms with Crippen LogP contribution in [0.15, 0.2) is 237 Å². The number of rotatable bonds is 4. The molecule has 4 aliphatic carbocycles. The van der Waals surface area contributed by atoms with E-state index in [1.54, 1.807) is 0 Å². The van der Waals surface area contributed by atoms with Gasteiger partial charge in [-0.3, -0.25) is 0 Å². The summed E-state index contributed by atoms with van der Waals surface area (Å²) in [6.07, 6.45) is 0. The Morgan fingerprint density at radius 3 is 1.30 bits per heavy atom. The Morgan fingerprint density at radius 2 is 0.689 bits per heavy atom. The molecule has 0 atom stereocenters. The minimum Gasteiger partial charge on any atom is -0.309 e. The summed E-state index contributed by atoms with van der Waals surface area (Å²) in [4.78, 5) is 2.66. The topological polar surface area (TPSA) is 3.24 Å². The molecule has 0 saturated carbocycles. The van der Waals surface area contributed by atoms with Crippen LogP contribution in [-0.2, 0) is 16.2 Å². The van der Waals surface area contributed by atoms with E-state index < -0.39 is 5.41 Å². The standard InChI is InChI=1S/C73H51N/c1-71(2)60-29-14-9-26-53(60)58-40-44(36-39-62(58)71)56-42-59-54-27-12-18-33-65(54)73(63-31-16-10-24-51(63)52-25-11-17-32-64(52)73)67(59)43-69(56)74(68-35-19-34-66-70(68)55-28-13-15-30-61(55)72(66,3)4)45-37-38-50-48-22-6-5-20-46(48)47-21-7-8-23-49(47)57(50)41-45/h5-43H,1-4H3. The molecular weight excluding hydrogens is 891 g/mol. The summed E-state index contributed by atoms with van der Waals surface area (Å²) in [5.41, 5.74) is 26.2. The highest BCUT2D eigenvalue weighted by molar-refractivity contribution is 6.26. The molecule has 0 bridgehead atoms. The van der Waals surface area contributed by atoms with Crippen LogP contribution in [0.3, 0.4) is 0 Å². The van der Waals surface area contributed by atoms with Gasteiger partial charge in [0, 0.05) is 27.6 Å². The van der Waals surface area contributed by atoms with Gasteiger partial charge in [0.15, 0.2) is 0 Å². The maximum Gasteiger partial charge on any atom is 0.0726 e. The largest absolute Gasteiger partial charge is 0.309 e. The fourth-order valence-corrected chi connectivity index (χ4v) is 14.8. The highest BCUT2D eigenvalue weighted by Gasteiger charge is 2.52. The number of nitrogens with zero attached hydrogens (tertiary/aromatic N) is 1. The van der Waals surface area contributed by atoms with E-state index in [1.165, 1.54) is 138 Å². The van der Waals surface area contributed by atoms with Crippen LogP contribution in [0.4, 0.5) is 17.1 Å². The van der Waals surface area contributed by atoms with E-state index >= 15 is 0 Å². The van der Waals surface area contributed by atoms with Crippen molar-refractivity contribution in [1.29, 1.82) is 0 Å². The lowest BCUT2D eigenvalue weighted by molar-refractivity contribution is 0.660. The predicted molar refractivity (Wildman–Crippen MR) is 311 cm³/mol. The van der Waals surface area contributed by atoms with Crippen molar-refractivity contribution >= 4 is 49.4 Å². The molecule has 12 aromatic carbocycles. The van der Waals surface area contributed by atoms with Crippen molar-refractivity contribution in [2.45, 2.75) is 43.9 Å². The summed E-state index contributed by atoms with van der Waals surface area (Å²) in [5.74, 6) is 0. The highest BCUT2D eigenvalue weighted by Crippen LogP contribution is 2.65. The van der Waals surface area contributed by atoms with Crippen LogP contribution < -0.4 is 4.90 Å². The van der Waals surface area contributed by atoms with E-state index in [0.717, 1.165) is 11.4 Å². The Morgan fingerprint density at radius 1 is 0.257 bits per heavy atom. The maximum atomic E-state index is 2.66. The molecule has 1 spiro atoms. The molecular formula is C73H51N. The van der Waals surface area contributed by atoms with Gasteiger partial charge in [-0.1, -0.05) is 228 Å². The molecule has 0 saturated heterocycles. The first-order chi connectivity index (χ1) is 36.2. The number of hydrogen-bond acceptors (Lipinski definition) is 1. The Labute approximate surface area is 432 Å². The Balaban J connectivity index is 1.07. The van der Waals surface area contributed by atoms with Crippen molar-refractivity contribution < 1.29 is 0 Å². The van der Waals surface area contributed by atoms with Gasteiger partial charge in [0.1, 0.15) is 0 Å². The molecule has 12 aromatic rings. The molecule has 0 amide bonds. The molecule has 16 rings (SSSR count). The van der Waals surface area contributed by atoms with Crippen molar-refractivity contribution in [3.63, 3.8) is 0 Å². The molecule has 0 radical (unpaired) electrons. The van der Waals surface area contributed by atoms with Gasteiger partial charge in [0.25, 0.3) is 0 Å². The summed E-state index contributed by atoms with van der Waals surface area (Å²) in [6.45, 7) is 9.57. The molecule has 4 aliphatic rings. The van der Waals surface area contributed by atoms with Crippen LogP contribution in [0.1, 0.15) is 72.2 Å². The molecule has 0 unspecified atom stereocenters. The smallest absolute Gasteiger partial charge is 0.0726 e. The normalized spacial score (nSPS) is 15.1. The molecule has 348 valence electrons. The summed E-state index contributed by atoms with van der Waals surface area (Å²) in [5, 5.41) is 7.59. The van der Waals surface area contributed by atoms with Crippen molar-refractivity contribution in [1.82, 2.24) is 0 Å². The van der Waals surface area contributed by atoms with Gasteiger partial charge in [-0.2, -0.15) is 0 Å². The van der Waals surface area contributed by atoms with E-state index in [-0.39, 0.29) is 10.8 Å². The van der Waals surface area contributed by atoms with Crippen LogP contribution in [0, 0.1) is 0 Å². The SMILES string of the molecule is CC1(C)c2ccccc2-c2cc(-c3cc4c(cc3N(c3ccc5c6ccccc6c6ccccc6c5c3)c3cccc5c3-c3ccccc3C5(C)C)C3(c5ccccc5-c5ccccc53)c3ccccc3-4)ccc21. The van der Waals surface area contributed by atoms with Gasteiger partial charge in [-0.25, -0.2) is 0 Å². The lowest BCUT2D eigenvalue weighted by atomic mass is 9.70. The van der Waals surface area contributed by atoms with Gasteiger partial charge < -0.3 is 4.90 Å². The number of hydrogen-bond donors (Lipinski definition) is 0. The summed E-state index contributed by atoms with van der Waals surface area (Å²) in [7, 11) is 0. The molecule has 0 N–H and O–H groups in total. The van der Waals surface area contributed by atoms with E-state index in [1.807, 2.05) is 0 Å². The van der Waals surface area contributed by atoms with Crippen molar-refractivity contribution in [2.24, 2.45) is 0 Å². The van der Waals surface area contributed by atoms with Crippen LogP contribution in [-0.4, -0.2) is 0 Å². The fourth-order valence-electron chi connectivity index (χ4n) is 14.8.